The maximum atomic E-state index is 5.49. The van der Waals surface area contributed by atoms with Crippen molar-refractivity contribution in [2.75, 3.05) is 11.9 Å². The van der Waals surface area contributed by atoms with Gasteiger partial charge in [0.25, 0.3) is 0 Å². The van der Waals surface area contributed by atoms with E-state index in [4.69, 9.17) is 5.84 Å². The fourth-order valence-corrected chi connectivity index (χ4v) is 1.52. The molecule has 0 aromatic heterocycles. The molecule has 0 spiro atoms. The van der Waals surface area contributed by atoms with Crippen molar-refractivity contribution in [3.8, 4) is 0 Å². The van der Waals surface area contributed by atoms with Gasteiger partial charge < -0.3 is 4.90 Å². The number of para-hydroxylation sites is 1. The van der Waals surface area contributed by atoms with Crippen molar-refractivity contribution in [1.82, 2.24) is 5.43 Å². The molecule has 0 unspecified atom stereocenters. The van der Waals surface area contributed by atoms with Gasteiger partial charge in [-0.25, -0.2) is 10.8 Å². The SMILES string of the molecule is Cc1ccccc1N(C)C(=NC(C)C)NN. The van der Waals surface area contributed by atoms with E-state index in [1.54, 1.807) is 0 Å². The Morgan fingerprint density at radius 3 is 2.50 bits per heavy atom. The Balaban J connectivity index is 3.00. The highest BCUT2D eigenvalue weighted by Crippen LogP contribution is 2.17. The fourth-order valence-electron chi connectivity index (χ4n) is 1.52. The first kappa shape index (κ1) is 12.5. The number of nitrogens with zero attached hydrogens (tertiary/aromatic N) is 2. The van der Waals surface area contributed by atoms with Crippen LogP contribution in [-0.4, -0.2) is 19.0 Å². The number of nitrogens with two attached hydrogens (primary N) is 1. The van der Waals surface area contributed by atoms with Crippen LogP contribution in [0.4, 0.5) is 5.69 Å². The highest BCUT2D eigenvalue weighted by atomic mass is 15.4. The third-order valence-corrected chi connectivity index (χ3v) is 2.30. The molecule has 16 heavy (non-hydrogen) atoms. The molecule has 1 aromatic rings. The lowest BCUT2D eigenvalue weighted by atomic mass is 10.2. The van der Waals surface area contributed by atoms with Gasteiger partial charge in [-0.05, 0) is 32.4 Å². The van der Waals surface area contributed by atoms with E-state index in [0.717, 1.165) is 5.69 Å². The van der Waals surface area contributed by atoms with Crippen molar-refractivity contribution in [1.29, 1.82) is 0 Å². The second-order valence-corrected chi connectivity index (χ2v) is 4.04. The van der Waals surface area contributed by atoms with Gasteiger partial charge in [0, 0.05) is 18.8 Å². The summed E-state index contributed by atoms with van der Waals surface area (Å²) in [5.41, 5.74) is 4.92. The number of anilines is 1. The van der Waals surface area contributed by atoms with Crippen LogP contribution < -0.4 is 16.2 Å². The van der Waals surface area contributed by atoms with Crippen molar-refractivity contribution in [3.63, 3.8) is 0 Å². The molecule has 0 saturated carbocycles. The van der Waals surface area contributed by atoms with Crippen molar-refractivity contribution in [2.45, 2.75) is 26.8 Å². The van der Waals surface area contributed by atoms with E-state index in [-0.39, 0.29) is 6.04 Å². The molecule has 0 aliphatic rings. The molecular formula is C12H20N4. The first-order valence-corrected chi connectivity index (χ1v) is 5.40. The number of hydrogen-bond acceptors (Lipinski definition) is 2. The molecule has 3 N–H and O–H groups in total. The number of benzene rings is 1. The second kappa shape index (κ2) is 5.51. The standard InChI is InChI=1S/C12H20N4/c1-9(2)14-12(15-13)16(4)11-8-6-5-7-10(11)3/h5-9H,13H2,1-4H3,(H,14,15). The molecule has 0 fully saturated rings. The maximum Gasteiger partial charge on any atom is 0.212 e. The lowest BCUT2D eigenvalue weighted by molar-refractivity contribution is 0.809. The maximum absolute atomic E-state index is 5.49. The lowest BCUT2D eigenvalue weighted by Crippen LogP contribution is -2.43. The van der Waals surface area contributed by atoms with Crippen LogP contribution in [0.2, 0.25) is 0 Å². The molecule has 0 atom stereocenters. The molecule has 4 heteroatoms. The molecule has 4 nitrogen and oxygen atoms in total. The van der Waals surface area contributed by atoms with Gasteiger partial charge in [0.2, 0.25) is 5.96 Å². The van der Waals surface area contributed by atoms with Crippen LogP contribution in [0.15, 0.2) is 29.3 Å². The van der Waals surface area contributed by atoms with E-state index >= 15 is 0 Å². The minimum absolute atomic E-state index is 0.206. The summed E-state index contributed by atoms with van der Waals surface area (Å²) in [4.78, 5) is 6.37. The first-order chi connectivity index (χ1) is 7.56. The van der Waals surface area contributed by atoms with E-state index in [2.05, 4.69) is 23.4 Å². The monoisotopic (exact) mass is 220 g/mol. The third-order valence-electron chi connectivity index (χ3n) is 2.30. The van der Waals surface area contributed by atoms with Crippen molar-refractivity contribution in [3.05, 3.63) is 29.8 Å². The normalized spacial score (nSPS) is 11.8. The smallest absolute Gasteiger partial charge is 0.212 e. The summed E-state index contributed by atoms with van der Waals surface area (Å²) >= 11 is 0. The highest BCUT2D eigenvalue weighted by molar-refractivity contribution is 5.95. The van der Waals surface area contributed by atoms with Gasteiger partial charge in [-0.1, -0.05) is 18.2 Å². The summed E-state index contributed by atoms with van der Waals surface area (Å²) in [5.74, 6) is 6.16. The average Bonchev–Trinajstić information content (AvgIpc) is 2.25. The van der Waals surface area contributed by atoms with Crippen LogP contribution in [-0.2, 0) is 0 Å². The highest BCUT2D eigenvalue weighted by Gasteiger charge is 2.09. The topological polar surface area (TPSA) is 53.6 Å². The first-order valence-electron chi connectivity index (χ1n) is 5.40. The van der Waals surface area contributed by atoms with Gasteiger partial charge in [-0.3, -0.25) is 5.43 Å². The third kappa shape index (κ3) is 2.97. The summed E-state index contributed by atoms with van der Waals surface area (Å²) < 4.78 is 0. The quantitative estimate of drug-likeness (QED) is 0.345. The molecule has 0 heterocycles. The molecule has 0 aliphatic heterocycles. The Kier molecular flexibility index (Phi) is 4.31. The molecule has 0 bridgehead atoms. The second-order valence-electron chi connectivity index (χ2n) is 4.04. The van der Waals surface area contributed by atoms with Crippen LogP contribution in [0.25, 0.3) is 0 Å². The van der Waals surface area contributed by atoms with Gasteiger partial charge >= 0.3 is 0 Å². The molecule has 1 aromatic carbocycles. The van der Waals surface area contributed by atoms with Crippen LogP contribution in [0, 0.1) is 6.92 Å². The lowest BCUT2D eigenvalue weighted by Gasteiger charge is -2.23. The summed E-state index contributed by atoms with van der Waals surface area (Å²) in [5, 5.41) is 0. The van der Waals surface area contributed by atoms with Crippen LogP contribution in [0.3, 0.4) is 0 Å². The Morgan fingerprint density at radius 1 is 1.38 bits per heavy atom. The molecule has 1 rings (SSSR count). The Hall–Kier alpha value is -1.55. The van der Waals surface area contributed by atoms with Gasteiger partial charge in [0.05, 0.1) is 0 Å². The molecule has 0 radical (unpaired) electrons. The minimum atomic E-state index is 0.206. The van der Waals surface area contributed by atoms with E-state index in [1.807, 2.05) is 44.0 Å². The summed E-state index contributed by atoms with van der Waals surface area (Å²) in [6, 6.07) is 8.33. The molecule has 88 valence electrons. The molecule has 0 saturated heterocycles. The average molecular weight is 220 g/mol. The van der Waals surface area contributed by atoms with E-state index in [0.29, 0.717) is 5.96 Å². The zero-order valence-corrected chi connectivity index (χ0v) is 10.4. The molecular weight excluding hydrogens is 200 g/mol. The molecule has 0 amide bonds. The number of hydrogen-bond donors (Lipinski definition) is 2. The van der Waals surface area contributed by atoms with E-state index < -0.39 is 0 Å². The minimum Gasteiger partial charge on any atom is -0.314 e. The van der Waals surface area contributed by atoms with Gasteiger partial charge in [-0.2, -0.15) is 0 Å². The number of aliphatic imine (C=N–C) groups is 1. The summed E-state index contributed by atoms with van der Waals surface area (Å²) in [6.07, 6.45) is 0. The van der Waals surface area contributed by atoms with Crippen LogP contribution >= 0.6 is 0 Å². The van der Waals surface area contributed by atoms with Crippen molar-refractivity contribution < 1.29 is 0 Å². The van der Waals surface area contributed by atoms with Crippen LogP contribution in [0.1, 0.15) is 19.4 Å². The van der Waals surface area contributed by atoms with Gasteiger partial charge in [0.15, 0.2) is 0 Å². The number of hydrazine groups is 1. The largest absolute Gasteiger partial charge is 0.314 e. The Labute approximate surface area is 97.1 Å². The molecule has 0 aliphatic carbocycles. The summed E-state index contributed by atoms with van der Waals surface area (Å²) in [6.45, 7) is 6.10. The number of nitrogens with one attached hydrogen (secondary N) is 1. The van der Waals surface area contributed by atoms with Crippen molar-refractivity contribution in [2.24, 2.45) is 10.8 Å². The number of rotatable bonds is 2. The van der Waals surface area contributed by atoms with Gasteiger partial charge in [0.1, 0.15) is 0 Å². The fraction of sp³-hybridized carbons (Fsp3) is 0.417. The number of aryl methyl sites for hydroxylation is 1. The Bertz CT molecular complexity index is 371. The van der Waals surface area contributed by atoms with Crippen LogP contribution in [0.5, 0.6) is 0 Å². The predicted octanol–water partition coefficient (Wildman–Crippen LogP) is 1.66. The Morgan fingerprint density at radius 2 is 2.00 bits per heavy atom. The van der Waals surface area contributed by atoms with Crippen molar-refractivity contribution >= 4 is 11.6 Å². The predicted molar refractivity (Wildman–Crippen MR) is 69.5 cm³/mol. The van der Waals surface area contributed by atoms with E-state index in [1.165, 1.54) is 5.56 Å². The van der Waals surface area contributed by atoms with Gasteiger partial charge in [-0.15, -0.1) is 0 Å². The zero-order valence-electron chi connectivity index (χ0n) is 10.4. The zero-order chi connectivity index (χ0) is 12.1. The summed E-state index contributed by atoms with van der Waals surface area (Å²) in [7, 11) is 1.95. The van der Waals surface area contributed by atoms with E-state index in [9.17, 15) is 0 Å². The number of guanidine groups is 1.